The Kier molecular flexibility index (Phi) is 6.58. The quantitative estimate of drug-likeness (QED) is 0.245. The number of benzene rings is 3. The number of anilines is 1. The van der Waals surface area contributed by atoms with Crippen LogP contribution in [0, 0.1) is 17.2 Å². The fourth-order valence-corrected chi connectivity index (χ4v) is 6.07. The molecule has 0 spiro atoms. The zero-order valence-corrected chi connectivity index (χ0v) is 22.4. The van der Waals surface area contributed by atoms with Crippen molar-refractivity contribution in [3.05, 3.63) is 102 Å². The zero-order valence-electron chi connectivity index (χ0n) is 21.6. The number of fused-ring (bicyclic) bond motifs is 1. The number of nitrogens with two attached hydrogens (primary N) is 1. The Morgan fingerprint density at radius 3 is 2.35 bits per heavy atom. The lowest BCUT2D eigenvalue weighted by molar-refractivity contribution is 0.185. The van der Waals surface area contributed by atoms with E-state index in [1.165, 1.54) is 0 Å². The van der Waals surface area contributed by atoms with Crippen molar-refractivity contribution >= 4 is 26.8 Å². The van der Waals surface area contributed by atoms with Crippen molar-refractivity contribution in [1.29, 1.82) is 5.26 Å². The number of nitrogen functional groups attached to an aromatic ring is 1. The van der Waals surface area contributed by atoms with Gasteiger partial charge in [0.1, 0.15) is 28.9 Å². The van der Waals surface area contributed by atoms with Gasteiger partial charge in [-0.3, -0.25) is 4.55 Å². The van der Waals surface area contributed by atoms with Crippen LogP contribution < -0.4 is 5.73 Å². The van der Waals surface area contributed by atoms with Gasteiger partial charge in [0.25, 0.3) is 10.1 Å². The molecule has 1 fully saturated rings. The summed E-state index contributed by atoms with van der Waals surface area (Å²) in [6.07, 6.45) is 2.60. The second-order valence-corrected chi connectivity index (χ2v) is 11.8. The Hall–Kier alpha value is -4.52. The van der Waals surface area contributed by atoms with Gasteiger partial charge in [0.2, 0.25) is 0 Å². The molecule has 0 amide bonds. The molecule has 0 saturated heterocycles. The highest BCUT2D eigenvalue weighted by Gasteiger charge is 2.34. The average Bonchev–Trinajstić information content (AvgIpc) is 3.26. The largest absolute Gasteiger partial charge is 0.383 e. The average molecular weight is 550 g/mol. The molecule has 5 aromatic rings. The Balaban J connectivity index is 1.20. The van der Waals surface area contributed by atoms with Crippen LogP contribution in [-0.4, -0.2) is 27.7 Å². The van der Waals surface area contributed by atoms with Crippen molar-refractivity contribution in [2.75, 3.05) is 5.73 Å². The first kappa shape index (κ1) is 25.7. The summed E-state index contributed by atoms with van der Waals surface area (Å²) in [5.41, 5.74) is 12.6. The molecule has 3 N–H and O–H groups in total. The van der Waals surface area contributed by atoms with E-state index in [1.54, 1.807) is 16.8 Å². The fraction of sp³-hybridized carbons (Fsp3) is 0.194. The molecule has 9 heteroatoms. The van der Waals surface area contributed by atoms with Gasteiger partial charge in [0.05, 0.1) is 17.3 Å². The minimum atomic E-state index is -4.05. The van der Waals surface area contributed by atoms with Gasteiger partial charge in [-0.05, 0) is 48.4 Å². The van der Waals surface area contributed by atoms with Crippen LogP contribution in [0.1, 0.15) is 35.6 Å². The van der Waals surface area contributed by atoms with Crippen LogP contribution in [0.2, 0.25) is 0 Å². The van der Waals surface area contributed by atoms with E-state index in [0.717, 1.165) is 52.5 Å². The Morgan fingerprint density at radius 1 is 0.950 bits per heavy atom. The van der Waals surface area contributed by atoms with Gasteiger partial charge in [-0.25, -0.2) is 9.67 Å². The van der Waals surface area contributed by atoms with Crippen LogP contribution in [0.3, 0.4) is 0 Å². The third-order valence-corrected chi connectivity index (χ3v) is 8.25. The third-order valence-electron chi connectivity index (χ3n) is 7.55. The van der Waals surface area contributed by atoms with E-state index >= 15 is 0 Å². The van der Waals surface area contributed by atoms with Crippen molar-refractivity contribution < 1.29 is 13.0 Å². The summed E-state index contributed by atoms with van der Waals surface area (Å²) in [5.74, 6) is 0.417. The van der Waals surface area contributed by atoms with Crippen molar-refractivity contribution in [2.24, 2.45) is 5.92 Å². The molecule has 1 aliphatic carbocycles. The summed E-state index contributed by atoms with van der Waals surface area (Å²) in [6, 6.07) is 29.6. The number of hydrogen-bond acceptors (Lipinski definition) is 6. The smallest absolute Gasteiger partial charge is 0.269 e. The Morgan fingerprint density at radius 2 is 1.65 bits per heavy atom. The van der Waals surface area contributed by atoms with Crippen LogP contribution >= 0.6 is 0 Å². The number of aromatic nitrogens is 3. The number of rotatable bonds is 7. The SMILES string of the molecule is N#Cc1c(-c2ccc3ccc(-c4ccccc4)nc3c2)nn(C2CC(Cc3ccc(CS(=O)(=O)O)cc3)C2)c1N. The van der Waals surface area contributed by atoms with E-state index in [1.807, 2.05) is 72.8 Å². The molecule has 0 unspecified atom stereocenters. The van der Waals surface area contributed by atoms with E-state index in [2.05, 4.69) is 6.07 Å². The molecule has 200 valence electrons. The fourth-order valence-electron chi connectivity index (χ4n) is 5.45. The van der Waals surface area contributed by atoms with Gasteiger partial charge < -0.3 is 5.73 Å². The van der Waals surface area contributed by atoms with Crippen molar-refractivity contribution in [2.45, 2.75) is 31.1 Å². The molecule has 2 aromatic heterocycles. The molecular weight excluding hydrogens is 522 g/mol. The molecule has 2 heterocycles. The highest BCUT2D eigenvalue weighted by molar-refractivity contribution is 7.85. The van der Waals surface area contributed by atoms with Crippen LogP contribution in [0.5, 0.6) is 0 Å². The van der Waals surface area contributed by atoms with Gasteiger partial charge in [0, 0.05) is 16.5 Å². The number of hydrogen-bond donors (Lipinski definition) is 2. The van der Waals surface area contributed by atoms with Crippen LogP contribution in [0.15, 0.2) is 84.9 Å². The summed E-state index contributed by atoms with van der Waals surface area (Å²) in [5, 5.41) is 15.8. The van der Waals surface area contributed by atoms with Gasteiger partial charge in [0.15, 0.2) is 0 Å². The number of pyridine rings is 1. The molecule has 0 aliphatic heterocycles. The molecule has 40 heavy (non-hydrogen) atoms. The maximum Gasteiger partial charge on any atom is 0.269 e. The lowest BCUT2D eigenvalue weighted by Crippen LogP contribution is -2.29. The summed E-state index contributed by atoms with van der Waals surface area (Å²) in [4.78, 5) is 4.86. The van der Waals surface area contributed by atoms with E-state index in [-0.39, 0.29) is 11.8 Å². The van der Waals surface area contributed by atoms with Crippen LogP contribution in [-0.2, 0) is 22.3 Å². The van der Waals surface area contributed by atoms with Crippen LogP contribution in [0.4, 0.5) is 5.82 Å². The van der Waals surface area contributed by atoms with Gasteiger partial charge in [-0.1, -0.05) is 72.8 Å². The molecule has 0 radical (unpaired) electrons. The molecular formula is C31H27N5O3S. The molecule has 1 aliphatic rings. The van der Waals surface area contributed by atoms with E-state index in [0.29, 0.717) is 28.6 Å². The molecule has 0 atom stereocenters. The lowest BCUT2D eigenvalue weighted by Gasteiger charge is -2.36. The first-order valence-corrected chi connectivity index (χ1v) is 14.7. The van der Waals surface area contributed by atoms with Crippen molar-refractivity contribution in [3.8, 4) is 28.6 Å². The monoisotopic (exact) mass is 549 g/mol. The minimum Gasteiger partial charge on any atom is -0.383 e. The Bertz CT molecular complexity index is 1850. The molecule has 1 saturated carbocycles. The summed E-state index contributed by atoms with van der Waals surface area (Å²) < 4.78 is 33.0. The summed E-state index contributed by atoms with van der Waals surface area (Å²) >= 11 is 0. The standard InChI is InChI=1S/C31H27N5O3S/c32-18-27-30(25-11-10-24-12-13-28(34-29(24)17-25)23-4-2-1-3-5-23)35-36(31(27)33)26-15-22(16-26)14-20-6-8-21(9-7-20)19-40(37,38)39/h1-13,17,22,26H,14-16,19,33H2,(H,37,38,39). The molecule has 0 bridgehead atoms. The lowest BCUT2D eigenvalue weighted by atomic mass is 9.76. The predicted octanol–water partition coefficient (Wildman–Crippen LogP) is 5.80. The summed E-state index contributed by atoms with van der Waals surface area (Å²) in [7, 11) is -4.05. The van der Waals surface area contributed by atoms with Gasteiger partial charge in [-0.2, -0.15) is 18.8 Å². The zero-order chi connectivity index (χ0) is 27.9. The van der Waals surface area contributed by atoms with Crippen LogP contribution in [0.25, 0.3) is 33.4 Å². The normalized spacial score (nSPS) is 16.9. The first-order chi connectivity index (χ1) is 19.3. The van der Waals surface area contributed by atoms with Crippen molar-refractivity contribution in [1.82, 2.24) is 14.8 Å². The number of nitriles is 1. The van der Waals surface area contributed by atoms with Gasteiger partial charge >= 0.3 is 0 Å². The van der Waals surface area contributed by atoms with E-state index in [9.17, 15) is 13.7 Å². The molecule has 6 rings (SSSR count). The Labute approximate surface area is 232 Å². The maximum absolute atomic E-state index is 11.1. The van der Waals surface area contributed by atoms with E-state index in [4.69, 9.17) is 20.4 Å². The number of nitrogens with zero attached hydrogens (tertiary/aromatic N) is 4. The molecule has 8 nitrogen and oxygen atoms in total. The maximum atomic E-state index is 11.1. The second kappa shape index (κ2) is 10.2. The minimum absolute atomic E-state index is 0.105. The van der Waals surface area contributed by atoms with Crippen molar-refractivity contribution in [3.63, 3.8) is 0 Å². The first-order valence-electron chi connectivity index (χ1n) is 13.0. The third kappa shape index (κ3) is 5.19. The molecule has 3 aromatic carbocycles. The topological polar surface area (TPSA) is 135 Å². The highest BCUT2D eigenvalue weighted by Crippen LogP contribution is 2.42. The summed E-state index contributed by atoms with van der Waals surface area (Å²) in [6.45, 7) is 0. The second-order valence-electron chi connectivity index (χ2n) is 10.4. The predicted molar refractivity (Wildman–Crippen MR) is 155 cm³/mol. The van der Waals surface area contributed by atoms with E-state index < -0.39 is 10.1 Å². The highest BCUT2D eigenvalue weighted by atomic mass is 32.2. The van der Waals surface area contributed by atoms with Gasteiger partial charge in [-0.15, -0.1) is 0 Å².